The van der Waals surface area contributed by atoms with Crippen LogP contribution in [0.4, 0.5) is 26.3 Å². The van der Waals surface area contributed by atoms with Crippen LogP contribution in [0.15, 0.2) is 0 Å². The first-order valence-electron chi connectivity index (χ1n) is 2.13. The van der Waals surface area contributed by atoms with Crippen molar-refractivity contribution in [3.05, 3.63) is 0 Å². The summed E-state index contributed by atoms with van der Waals surface area (Å²) in [7, 11) is 0. The van der Waals surface area contributed by atoms with Gasteiger partial charge in [0.1, 0.15) is 0 Å². The zero-order chi connectivity index (χ0) is 9.00. The van der Waals surface area contributed by atoms with Gasteiger partial charge in [-0.1, -0.05) is 0 Å². The van der Waals surface area contributed by atoms with E-state index < -0.39 is 12.4 Å². The van der Waals surface area contributed by atoms with Crippen molar-refractivity contribution in [1.82, 2.24) is 0 Å². The summed E-state index contributed by atoms with van der Waals surface area (Å²) in [6.07, 6.45) is -8.00. The summed E-state index contributed by atoms with van der Waals surface area (Å²) in [4.78, 5) is 0. The predicted octanol–water partition coefficient (Wildman–Crippen LogP) is 0.254. The zero-order valence-corrected chi connectivity index (χ0v) is 6.27. The first kappa shape index (κ1) is 17.3. The molecule has 0 spiro atoms. The molecule has 0 unspecified atom stereocenters. The Hall–Kier alpha value is 0.177. The van der Waals surface area contributed by atoms with Crippen molar-refractivity contribution in [2.75, 3.05) is 0 Å². The molecule has 0 saturated heterocycles. The molecule has 0 aliphatic heterocycles. The normalized spacial score (nSPS) is 10.9. The second kappa shape index (κ2) is 5.78. The number of halogens is 6. The van der Waals surface area contributed by atoms with Gasteiger partial charge < -0.3 is 1.43 Å². The number of hydrogen-bond donors (Lipinski definition) is 0. The van der Waals surface area contributed by atoms with Crippen molar-refractivity contribution in [2.45, 2.75) is 26.2 Å². The van der Waals surface area contributed by atoms with Gasteiger partial charge in [-0.15, -0.1) is 0 Å². The fourth-order valence-electron chi connectivity index (χ4n) is 0. The Morgan fingerprint density at radius 2 is 0.727 bits per heavy atom. The van der Waals surface area contributed by atoms with Crippen LogP contribution in [0.1, 0.15) is 15.3 Å². The van der Waals surface area contributed by atoms with Crippen molar-refractivity contribution in [3.8, 4) is 0 Å². The van der Waals surface area contributed by atoms with E-state index in [0.717, 1.165) is 0 Å². The minimum absolute atomic E-state index is 0. The summed E-state index contributed by atoms with van der Waals surface area (Å²) in [6, 6.07) is 0. The smallest absolute Gasteiger partial charge is 1.00 e. The summed E-state index contributed by atoms with van der Waals surface area (Å²) in [5.41, 5.74) is 0. The summed E-state index contributed by atoms with van der Waals surface area (Å²) in [6.45, 7) is 0.375. The maximum absolute atomic E-state index is 10.4. The second-order valence-corrected chi connectivity index (χ2v) is 1.56. The van der Waals surface area contributed by atoms with Crippen LogP contribution in [0.3, 0.4) is 0 Å². The van der Waals surface area contributed by atoms with Crippen molar-refractivity contribution in [2.24, 2.45) is 0 Å². The topological polar surface area (TPSA) is 0 Å². The van der Waals surface area contributed by atoms with Gasteiger partial charge >= 0.3 is 31.2 Å². The van der Waals surface area contributed by atoms with E-state index in [2.05, 4.69) is 0 Å². The molecule has 0 N–H and O–H groups in total. The molecular weight excluding hydrogens is 169 g/mol. The Bertz CT molecular complexity index is 62.5. The molecule has 11 heavy (non-hydrogen) atoms. The van der Waals surface area contributed by atoms with Crippen LogP contribution in [0.5, 0.6) is 0 Å². The van der Waals surface area contributed by atoms with Gasteiger partial charge in [-0.2, -0.15) is 26.3 Å². The third-order valence-electron chi connectivity index (χ3n) is 0. The summed E-state index contributed by atoms with van der Waals surface area (Å²) in [5, 5.41) is 0. The molecule has 0 heterocycles. The minimum atomic E-state index is -4.00. The van der Waals surface area contributed by atoms with Crippen LogP contribution in [-0.2, 0) is 0 Å². The average Bonchev–Trinajstić information content (AvgIpc) is 1.12. The molecule has 0 saturated carbocycles. The quantitative estimate of drug-likeness (QED) is 0.366. The van der Waals surface area contributed by atoms with Crippen LogP contribution < -0.4 is 18.9 Å². The Morgan fingerprint density at radius 1 is 0.727 bits per heavy atom. The molecule has 0 aromatic rings. The van der Waals surface area contributed by atoms with Crippen LogP contribution in [0, 0.1) is 0 Å². The molecule has 0 atom stereocenters. The third-order valence-corrected chi connectivity index (χ3v) is 0. The number of hydrogen-bond acceptors (Lipinski definition) is 0. The van der Waals surface area contributed by atoms with Crippen LogP contribution in [0.2, 0.25) is 0 Å². The fraction of sp³-hybridized carbons (Fsp3) is 1.00. The maximum Gasteiger partial charge on any atom is 1.00 e. The van der Waals surface area contributed by atoms with Gasteiger partial charge in [-0.05, 0) is 0 Å². The van der Waals surface area contributed by atoms with Gasteiger partial charge in [-0.3, -0.25) is 0 Å². The third kappa shape index (κ3) is 21600. The first-order chi connectivity index (χ1) is 4.00. The van der Waals surface area contributed by atoms with Gasteiger partial charge in [-0.25, -0.2) is 0 Å². The Balaban J connectivity index is -0.0000000457. The van der Waals surface area contributed by atoms with Crippen molar-refractivity contribution >= 4 is 0 Å². The summed E-state index contributed by atoms with van der Waals surface area (Å²) < 4.78 is 62.1. The Kier molecular flexibility index (Phi) is 9.10. The molecule has 66 valence electrons. The molecular formula is C4H7F6Li. The SMILES string of the molecule is CC(F)(F)F.CC(F)(F)F.[H-].[Li+]. The Labute approximate surface area is 73.6 Å². The van der Waals surface area contributed by atoms with E-state index in [4.69, 9.17) is 0 Å². The average molecular weight is 176 g/mol. The van der Waals surface area contributed by atoms with Crippen molar-refractivity contribution in [1.29, 1.82) is 0 Å². The molecule has 0 aromatic carbocycles. The van der Waals surface area contributed by atoms with Crippen molar-refractivity contribution in [3.63, 3.8) is 0 Å². The minimum Gasteiger partial charge on any atom is -1.00 e. The van der Waals surface area contributed by atoms with Crippen LogP contribution >= 0.6 is 0 Å². The molecule has 0 amide bonds. The van der Waals surface area contributed by atoms with Gasteiger partial charge in [0.15, 0.2) is 0 Å². The standard InChI is InChI=1S/2C2H3F3.Li.H/c2*1-2(3,4)5;;/h2*1H3;;/q;;+1;-1. The first-order valence-corrected chi connectivity index (χ1v) is 2.13. The largest absolute Gasteiger partial charge is 1.00 e. The molecule has 0 aromatic heterocycles. The van der Waals surface area contributed by atoms with Gasteiger partial charge in [0.25, 0.3) is 0 Å². The molecule has 0 rings (SSSR count). The molecule has 0 fully saturated rings. The van der Waals surface area contributed by atoms with E-state index in [1.165, 1.54) is 0 Å². The van der Waals surface area contributed by atoms with Crippen LogP contribution in [0.25, 0.3) is 0 Å². The second-order valence-electron chi connectivity index (χ2n) is 1.56. The predicted molar refractivity (Wildman–Crippen MR) is 24.6 cm³/mol. The fourth-order valence-corrected chi connectivity index (χ4v) is 0. The molecule has 0 nitrogen and oxygen atoms in total. The Morgan fingerprint density at radius 3 is 0.727 bits per heavy atom. The summed E-state index contributed by atoms with van der Waals surface area (Å²) in [5.74, 6) is 0. The zero-order valence-electron chi connectivity index (χ0n) is 7.27. The monoisotopic (exact) mass is 176 g/mol. The van der Waals surface area contributed by atoms with E-state index in [-0.39, 0.29) is 34.1 Å². The molecule has 0 radical (unpaired) electrons. The number of alkyl halides is 6. The molecule has 7 heteroatoms. The molecule has 0 aliphatic rings. The van der Waals surface area contributed by atoms with E-state index in [0.29, 0.717) is 0 Å². The number of rotatable bonds is 0. The van der Waals surface area contributed by atoms with Crippen molar-refractivity contribution < 1.29 is 46.6 Å². The van der Waals surface area contributed by atoms with E-state index in [1.807, 2.05) is 0 Å². The summed E-state index contributed by atoms with van der Waals surface area (Å²) >= 11 is 0. The van der Waals surface area contributed by atoms with Crippen LogP contribution in [-0.4, -0.2) is 12.4 Å². The molecule has 0 bridgehead atoms. The van der Waals surface area contributed by atoms with E-state index in [9.17, 15) is 26.3 Å². The van der Waals surface area contributed by atoms with Gasteiger partial charge in [0.2, 0.25) is 0 Å². The van der Waals surface area contributed by atoms with E-state index in [1.54, 1.807) is 0 Å². The maximum atomic E-state index is 10.4. The van der Waals surface area contributed by atoms with Gasteiger partial charge in [0.05, 0.1) is 0 Å². The van der Waals surface area contributed by atoms with E-state index >= 15 is 0 Å². The molecule has 0 aliphatic carbocycles. The van der Waals surface area contributed by atoms with Gasteiger partial charge in [0, 0.05) is 13.8 Å².